The molecule has 0 radical (unpaired) electrons. The zero-order valence-electron chi connectivity index (χ0n) is 17.0. The Morgan fingerprint density at radius 2 is 1.83 bits per heavy atom. The van der Waals surface area contributed by atoms with Crippen molar-refractivity contribution >= 4 is 17.7 Å². The van der Waals surface area contributed by atoms with E-state index < -0.39 is 0 Å². The van der Waals surface area contributed by atoms with Gasteiger partial charge in [0.05, 0.1) is 24.4 Å². The van der Waals surface area contributed by atoms with Crippen LogP contribution < -0.4 is 5.56 Å². The van der Waals surface area contributed by atoms with Gasteiger partial charge in [-0.2, -0.15) is 0 Å². The minimum absolute atomic E-state index is 0.0579. The molecule has 0 aliphatic heterocycles. The molecule has 2 aromatic carbocycles. The van der Waals surface area contributed by atoms with Crippen LogP contribution >= 0.6 is 11.8 Å². The summed E-state index contributed by atoms with van der Waals surface area (Å²) >= 11 is 1.59. The summed E-state index contributed by atoms with van der Waals surface area (Å²) in [6.07, 6.45) is 2.66. The van der Waals surface area contributed by atoms with Gasteiger partial charge in [-0.3, -0.25) is 9.36 Å². The molecule has 0 N–H and O–H groups in total. The van der Waals surface area contributed by atoms with Crippen LogP contribution in [0.15, 0.2) is 64.5 Å². The van der Waals surface area contributed by atoms with Crippen LogP contribution in [0.2, 0.25) is 0 Å². The third kappa shape index (κ3) is 4.49. The third-order valence-corrected chi connectivity index (χ3v) is 6.22. The van der Waals surface area contributed by atoms with Crippen LogP contribution in [0.4, 0.5) is 0 Å². The van der Waals surface area contributed by atoms with Gasteiger partial charge in [-0.05, 0) is 49.4 Å². The van der Waals surface area contributed by atoms with Crippen LogP contribution in [-0.4, -0.2) is 22.1 Å². The molecule has 1 heterocycles. The van der Waals surface area contributed by atoms with Gasteiger partial charge >= 0.3 is 5.97 Å². The fourth-order valence-electron chi connectivity index (χ4n) is 3.62. The molecule has 1 aliphatic rings. The van der Waals surface area contributed by atoms with Gasteiger partial charge in [0, 0.05) is 11.3 Å². The number of hydrogen-bond acceptors (Lipinski definition) is 5. The van der Waals surface area contributed by atoms with Crippen molar-refractivity contribution in [1.82, 2.24) is 9.55 Å². The van der Waals surface area contributed by atoms with Crippen molar-refractivity contribution in [3.05, 3.63) is 92.9 Å². The molecule has 3 aromatic rings. The van der Waals surface area contributed by atoms with Gasteiger partial charge in [0.2, 0.25) is 0 Å². The Morgan fingerprint density at radius 3 is 2.57 bits per heavy atom. The summed E-state index contributed by atoms with van der Waals surface area (Å²) in [6.45, 7) is 2.56. The van der Waals surface area contributed by atoms with Crippen LogP contribution in [0.3, 0.4) is 0 Å². The SMILES string of the molecule is CCOC(=O)c1ccc(Cn2c(SCc3ccccc3)nc3c(c2=O)CCC3)cc1. The summed E-state index contributed by atoms with van der Waals surface area (Å²) in [5, 5.41) is 0.749. The van der Waals surface area contributed by atoms with E-state index in [9.17, 15) is 9.59 Å². The van der Waals surface area contributed by atoms with Gasteiger partial charge in [-0.1, -0.05) is 54.2 Å². The number of aryl methyl sites for hydroxylation is 1. The van der Waals surface area contributed by atoms with Gasteiger partial charge in [0.25, 0.3) is 5.56 Å². The Hall–Kier alpha value is -2.86. The summed E-state index contributed by atoms with van der Waals surface area (Å²) in [5.74, 6) is 0.424. The van der Waals surface area contributed by atoms with Crippen LogP contribution in [0.25, 0.3) is 0 Å². The standard InChI is InChI=1S/C24H24N2O3S/c1-2-29-23(28)19-13-11-17(12-14-19)15-26-22(27)20-9-6-10-21(20)25-24(26)30-16-18-7-4-3-5-8-18/h3-5,7-8,11-14H,2,6,9-10,15-16H2,1H3. The molecule has 6 heteroatoms. The number of hydrogen-bond donors (Lipinski definition) is 0. The lowest BCUT2D eigenvalue weighted by Gasteiger charge is -2.14. The lowest BCUT2D eigenvalue weighted by Crippen LogP contribution is -2.27. The molecule has 0 fully saturated rings. The first-order chi connectivity index (χ1) is 14.7. The zero-order valence-corrected chi connectivity index (χ0v) is 17.8. The Kier molecular flexibility index (Phi) is 6.33. The molecule has 0 bridgehead atoms. The molecule has 0 atom stereocenters. The number of aromatic nitrogens is 2. The molecular formula is C24H24N2O3S. The molecule has 0 spiro atoms. The Morgan fingerprint density at radius 1 is 1.07 bits per heavy atom. The number of esters is 1. The van der Waals surface area contributed by atoms with Crippen molar-refractivity contribution in [3.63, 3.8) is 0 Å². The van der Waals surface area contributed by atoms with Gasteiger partial charge in [0.1, 0.15) is 0 Å². The highest BCUT2D eigenvalue weighted by Gasteiger charge is 2.21. The molecule has 1 aliphatic carbocycles. The highest BCUT2D eigenvalue weighted by Crippen LogP contribution is 2.25. The van der Waals surface area contributed by atoms with E-state index in [2.05, 4.69) is 12.1 Å². The number of carbonyl (C=O) groups is 1. The molecule has 0 saturated heterocycles. The van der Waals surface area contributed by atoms with E-state index in [1.54, 1.807) is 35.4 Å². The lowest BCUT2D eigenvalue weighted by atomic mass is 10.1. The summed E-state index contributed by atoms with van der Waals surface area (Å²) in [4.78, 5) is 29.9. The van der Waals surface area contributed by atoms with Crippen molar-refractivity contribution in [2.75, 3.05) is 6.61 Å². The third-order valence-electron chi connectivity index (χ3n) is 5.17. The van der Waals surface area contributed by atoms with E-state index in [1.165, 1.54) is 5.56 Å². The Balaban J connectivity index is 1.61. The molecule has 154 valence electrons. The normalized spacial score (nSPS) is 12.6. The molecule has 5 nitrogen and oxygen atoms in total. The molecule has 0 saturated carbocycles. The highest BCUT2D eigenvalue weighted by molar-refractivity contribution is 7.98. The van der Waals surface area contributed by atoms with Crippen LogP contribution in [0.5, 0.6) is 0 Å². The fourth-order valence-corrected chi connectivity index (χ4v) is 4.59. The number of nitrogens with zero attached hydrogens (tertiary/aromatic N) is 2. The van der Waals surface area contributed by atoms with Crippen molar-refractivity contribution in [1.29, 1.82) is 0 Å². The van der Waals surface area contributed by atoms with E-state index in [1.807, 2.05) is 30.3 Å². The Labute approximate surface area is 180 Å². The molecular weight excluding hydrogens is 396 g/mol. The number of carbonyl (C=O) groups excluding carboxylic acids is 1. The van der Waals surface area contributed by atoms with E-state index in [-0.39, 0.29) is 11.5 Å². The smallest absolute Gasteiger partial charge is 0.338 e. The number of ether oxygens (including phenoxy) is 1. The molecule has 0 unspecified atom stereocenters. The minimum atomic E-state index is -0.334. The average molecular weight is 421 g/mol. The van der Waals surface area contributed by atoms with Gasteiger partial charge in [-0.15, -0.1) is 0 Å². The summed E-state index contributed by atoms with van der Waals surface area (Å²) < 4.78 is 6.82. The van der Waals surface area contributed by atoms with Crippen LogP contribution in [0.1, 0.15) is 46.1 Å². The maximum absolute atomic E-state index is 13.2. The second-order valence-electron chi connectivity index (χ2n) is 7.26. The number of rotatable bonds is 7. The van der Waals surface area contributed by atoms with Gasteiger partial charge in [0.15, 0.2) is 5.16 Å². The van der Waals surface area contributed by atoms with Crippen molar-refractivity contribution in [2.24, 2.45) is 0 Å². The van der Waals surface area contributed by atoms with Crippen molar-refractivity contribution < 1.29 is 9.53 Å². The van der Waals surface area contributed by atoms with E-state index >= 15 is 0 Å². The second-order valence-corrected chi connectivity index (χ2v) is 8.20. The molecule has 0 amide bonds. The maximum atomic E-state index is 13.2. The number of thioether (sulfide) groups is 1. The van der Waals surface area contributed by atoms with E-state index in [4.69, 9.17) is 9.72 Å². The maximum Gasteiger partial charge on any atom is 0.338 e. The van der Waals surface area contributed by atoms with E-state index in [0.717, 1.165) is 47.0 Å². The summed E-state index contributed by atoms with van der Waals surface area (Å²) in [7, 11) is 0. The minimum Gasteiger partial charge on any atom is -0.462 e. The first-order valence-corrected chi connectivity index (χ1v) is 11.2. The van der Waals surface area contributed by atoms with Gasteiger partial charge in [-0.25, -0.2) is 9.78 Å². The quantitative estimate of drug-likeness (QED) is 0.325. The number of fused-ring (bicyclic) bond motifs is 1. The second kappa shape index (κ2) is 9.30. The molecule has 4 rings (SSSR count). The highest BCUT2D eigenvalue weighted by atomic mass is 32.2. The first kappa shape index (κ1) is 20.4. The Bertz CT molecular complexity index is 1090. The largest absolute Gasteiger partial charge is 0.462 e. The van der Waals surface area contributed by atoms with Crippen LogP contribution in [-0.2, 0) is 29.9 Å². The lowest BCUT2D eigenvalue weighted by molar-refractivity contribution is 0.0526. The average Bonchev–Trinajstić information content (AvgIpc) is 3.25. The summed E-state index contributed by atoms with van der Waals surface area (Å²) in [5.41, 5.74) is 4.52. The number of benzene rings is 2. The predicted octanol–water partition coefficient (Wildman–Crippen LogP) is 4.25. The van der Waals surface area contributed by atoms with Gasteiger partial charge < -0.3 is 4.74 Å². The molecule has 1 aromatic heterocycles. The van der Waals surface area contributed by atoms with Crippen molar-refractivity contribution in [3.8, 4) is 0 Å². The first-order valence-electron chi connectivity index (χ1n) is 10.2. The zero-order chi connectivity index (χ0) is 20.9. The van der Waals surface area contributed by atoms with Crippen LogP contribution in [0, 0.1) is 0 Å². The van der Waals surface area contributed by atoms with E-state index in [0.29, 0.717) is 18.7 Å². The summed E-state index contributed by atoms with van der Waals surface area (Å²) in [6, 6.07) is 17.4. The predicted molar refractivity (Wildman–Crippen MR) is 118 cm³/mol. The topological polar surface area (TPSA) is 61.2 Å². The monoisotopic (exact) mass is 420 g/mol. The van der Waals surface area contributed by atoms with Crippen molar-refractivity contribution in [2.45, 2.75) is 43.6 Å². The fraction of sp³-hybridized carbons (Fsp3) is 0.292. The molecule has 30 heavy (non-hydrogen) atoms.